The van der Waals surface area contributed by atoms with E-state index in [1.807, 2.05) is 6.92 Å². The van der Waals surface area contributed by atoms with Crippen molar-refractivity contribution in [3.63, 3.8) is 0 Å². The Kier molecular flexibility index (Phi) is 3.59. The molecule has 4 nitrogen and oxygen atoms in total. The summed E-state index contributed by atoms with van der Waals surface area (Å²) < 4.78 is 10.6. The van der Waals surface area contributed by atoms with E-state index in [0.29, 0.717) is 12.5 Å². The molecule has 0 aromatic rings. The quantitative estimate of drug-likeness (QED) is 0.693. The lowest BCUT2D eigenvalue weighted by Crippen LogP contribution is -2.47. The van der Waals surface area contributed by atoms with Crippen LogP contribution >= 0.6 is 0 Å². The van der Waals surface area contributed by atoms with E-state index in [4.69, 9.17) is 9.47 Å². The molecule has 0 saturated carbocycles. The van der Waals surface area contributed by atoms with Crippen molar-refractivity contribution in [3.8, 4) is 0 Å². The summed E-state index contributed by atoms with van der Waals surface area (Å²) in [7, 11) is 0. The lowest BCUT2D eigenvalue weighted by molar-refractivity contribution is -0.153. The summed E-state index contributed by atoms with van der Waals surface area (Å²) in [5.41, 5.74) is 0. The first-order chi connectivity index (χ1) is 7.27. The average Bonchev–Trinajstić information content (AvgIpc) is 2.63. The number of ether oxygens (including phenoxy) is 2. The highest BCUT2D eigenvalue weighted by molar-refractivity contribution is 5.72. The van der Waals surface area contributed by atoms with Crippen molar-refractivity contribution in [1.82, 2.24) is 5.32 Å². The first kappa shape index (κ1) is 10.9. The minimum absolute atomic E-state index is 0.0210. The van der Waals surface area contributed by atoms with Crippen LogP contribution in [-0.4, -0.2) is 38.4 Å². The molecule has 86 valence electrons. The Morgan fingerprint density at radius 2 is 2.40 bits per heavy atom. The third-order valence-electron chi connectivity index (χ3n) is 3.33. The second-order valence-corrected chi connectivity index (χ2v) is 4.47. The molecular weight excluding hydrogens is 194 g/mol. The predicted octanol–water partition coefficient (Wildman–Crippen LogP) is 0.564. The minimum Gasteiger partial charge on any atom is -0.463 e. The molecule has 0 bridgehead atoms. The number of carbonyl (C=O) groups is 1. The summed E-state index contributed by atoms with van der Waals surface area (Å²) in [6, 6.07) is 0. The Morgan fingerprint density at radius 1 is 1.60 bits per heavy atom. The number of carbonyl (C=O) groups excluding carboxylic acids is 1. The Labute approximate surface area is 90.3 Å². The molecule has 2 fully saturated rings. The van der Waals surface area contributed by atoms with Gasteiger partial charge in [0.1, 0.15) is 6.61 Å². The lowest BCUT2D eigenvalue weighted by atomic mass is 9.89. The van der Waals surface area contributed by atoms with E-state index >= 15 is 0 Å². The van der Waals surface area contributed by atoms with Crippen LogP contribution in [0, 0.1) is 11.8 Å². The number of nitrogens with one attached hydrogen (secondary N) is 1. The van der Waals surface area contributed by atoms with Crippen LogP contribution in [-0.2, 0) is 14.3 Å². The molecule has 1 N–H and O–H groups in total. The fourth-order valence-electron chi connectivity index (χ4n) is 1.94. The van der Waals surface area contributed by atoms with Crippen LogP contribution in [0.15, 0.2) is 0 Å². The highest BCUT2D eigenvalue weighted by atomic mass is 16.6. The van der Waals surface area contributed by atoms with Gasteiger partial charge in [0.15, 0.2) is 0 Å². The van der Waals surface area contributed by atoms with E-state index in [1.54, 1.807) is 0 Å². The Morgan fingerprint density at radius 3 is 2.93 bits per heavy atom. The van der Waals surface area contributed by atoms with Crippen LogP contribution in [0.5, 0.6) is 0 Å². The van der Waals surface area contributed by atoms with E-state index in [9.17, 15) is 4.79 Å². The number of esters is 1. The molecule has 2 saturated heterocycles. The van der Waals surface area contributed by atoms with Gasteiger partial charge in [0.05, 0.1) is 12.0 Å². The van der Waals surface area contributed by atoms with E-state index in [1.165, 1.54) is 0 Å². The van der Waals surface area contributed by atoms with Gasteiger partial charge in [-0.15, -0.1) is 0 Å². The fraction of sp³-hybridized carbons (Fsp3) is 0.909. The maximum absolute atomic E-state index is 11.6. The second kappa shape index (κ2) is 4.94. The minimum atomic E-state index is -0.0722. The number of hydrogen-bond acceptors (Lipinski definition) is 4. The van der Waals surface area contributed by atoms with E-state index in [0.717, 1.165) is 32.5 Å². The van der Waals surface area contributed by atoms with Gasteiger partial charge in [0.25, 0.3) is 0 Å². The van der Waals surface area contributed by atoms with Crippen molar-refractivity contribution in [2.24, 2.45) is 11.8 Å². The summed E-state index contributed by atoms with van der Waals surface area (Å²) in [5, 5.41) is 3.16. The molecule has 2 aliphatic rings. The van der Waals surface area contributed by atoms with Gasteiger partial charge >= 0.3 is 5.97 Å². The summed E-state index contributed by atoms with van der Waals surface area (Å²) in [4.78, 5) is 11.6. The third kappa shape index (κ3) is 2.69. The number of hydrogen-bond donors (Lipinski definition) is 1. The molecule has 0 radical (unpaired) electrons. The van der Waals surface area contributed by atoms with Gasteiger partial charge in [0.2, 0.25) is 0 Å². The van der Waals surface area contributed by atoms with Crippen LogP contribution in [0.3, 0.4) is 0 Å². The monoisotopic (exact) mass is 213 g/mol. The molecule has 15 heavy (non-hydrogen) atoms. The molecular formula is C11H19NO3. The fourth-order valence-corrected chi connectivity index (χ4v) is 1.94. The van der Waals surface area contributed by atoms with Gasteiger partial charge in [-0.3, -0.25) is 4.79 Å². The van der Waals surface area contributed by atoms with Crippen LogP contribution in [0.4, 0.5) is 0 Å². The van der Waals surface area contributed by atoms with Crippen LogP contribution in [0.1, 0.15) is 19.8 Å². The maximum atomic E-state index is 11.6. The van der Waals surface area contributed by atoms with Gasteiger partial charge in [-0.1, -0.05) is 6.92 Å². The smallest absolute Gasteiger partial charge is 0.309 e. The summed E-state index contributed by atoms with van der Waals surface area (Å²) in [5.74, 6) is 0.409. The second-order valence-electron chi connectivity index (χ2n) is 4.47. The van der Waals surface area contributed by atoms with Gasteiger partial charge in [0, 0.05) is 6.61 Å². The topological polar surface area (TPSA) is 47.6 Å². The molecule has 0 aromatic carbocycles. The van der Waals surface area contributed by atoms with E-state index < -0.39 is 0 Å². The van der Waals surface area contributed by atoms with Gasteiger partial charge in [-0.2, -0.15) is 0 Å². The Hall–Kier alpha value is -0.610. The molecule has 0 spiro atoms. The van der Waals surface area contributed by atoms with E-state index in [-0.39, 0.29) is 18.0 Å². The normalized spacial score (nSPS) is 28.5. The van der Waals surface area contributed by atoms with Crippen LogP contribution in [0.2, 0.25) is 0 Å². The Balaban J connectivity index is 1.66. The largest absolute Gasteiger partial charge is 0.463 e. The summed E-state index contributed by atoms with van der Waals surface area (Å²) in [6.45, 7) is 5.07. The first-order valence-electron chi connectivity index (χ1n) is 5.76. The van der Waals surface area contributed by atoms with Crippen molar-refractivity contribution in [1.29, 1.82) is 0 Å². The third-order valence-corrected chi connectivity index (χ3v) is 3.33. The molecule has 2 unspecified atom stereocenters. The molecule has 0 amide bonds. The van der Waals surface area contributed by atoms with Crippen molar-refractivity contribution in [2.75, 3.05) is 26.3 Å². The average molecular weight is 213 g/mol. The van der Waals surface area contributed by atoms with E-state index in [2.05, 4.69) is 5.32 Å². The van der Waals surface area contributed by atoms with Gasteiger partial charge in [-0.05, 0) is 31.8 Å². The number of rotatable bonds is 4. The van der Waals surface area contributed by atoms with Gasteiger partial charge in [-0.25, -0.2) is 0 Å². The zero-order valence-corrected chi connectivity index (χ0v) is 9.20. The molecule has 2 aliphatic heterocycles. The van der Waals surface area contributed by atoms with Crippen molar-refractivity contribution in [2.45, 2.75) is 25.9 Å². The maximum Gasteiger partial charge on any atom is 0.309 e. The zero-order valence-electron chi connectivity index (χ0n) is 9.20. The zero-order chi connectivity index (χ0) is 10.7. The van der Waals surface area contributed by atoms with Crippen molar-refractivity contribution in [3.05, 3.63) is 0 Å². The predicted molar refractivity (Wildman–Crippen MR) is 55.5 cm³/mol. The molecule has 2 heterocycles. The molecule has 2 rings (SSSR count). The molecule has 0 aliphatic carbocycles. The molecule has 0 aromatic heterocycles. The lowest BCUT2D eigenvalue weighted by Gasteiger charge is -2.31. The standard InChI is InChI=1S/C11H19NO3/c1-8(9-5-12-6-9)11(13)15-7-10-3-2-4-14-10/h8-10,12H,2-7H2,1H3. The SMILES string of the molecule is CC(C(=O)OCC1CCCO1)C1CNC1. The summed E-state index contributed by atoms with van der Waals surface area (Å²) in [6.07, 6.45) is 2.25. The van der Waals surface area contributed by atoms with Gasteiger partial charge < -0.3 is 14.8 Å². The van der Waals surface area contributed by atoms with Crippen LogP contribution < -0.4 is 5.32 Å². The molecule has 4 heteroatoms. The van der Waals surface area contributed by atoms with Crippen molar-refractivity contribution < 1.29 is 14.3 Å². The molecule has 2 atom stereocenters. The highest BCUT2D eigenvalue weighted by Gasteiger charge is 2.30. The highest BCUT2D eigenvalue weighted by Crippen LogP contribution is 2.18. The van der Waals surface area contributed by atoms with Crippen molar-refractivity contribution >= 4 is 5.97 Å². The summed E-state index contributed by atoms with van der Waals surface area (Å²) >= 11 is 0. The Bertz CT molecular complexity index is 222. The van der Waals surface area contributed by atoms with Crippen LogP contribution in [0.25, 0.3) is 0 Å². The first-order valence-corrected chi connectivity index (χ1v) is 5.76.